The molecule has 1 heterocycles. The Bertz CT molecular complexity index is 532. The molecule has 0 fully saturated rings. The molecule has 0 radical (unpaired) electrons. The zero-order valence-electron chi connectivity index (χ0n) is 10.2. The van der Waals surface area contributed by atoms with E-state index in [-0.39, 0.29) is 12.2 Å². The first kappa shape index (κ1) is 10.8. The van der Waals surface area contributed by atoms with Gasteiger partial charge in [-0.25, -0.2) is 0 Å². The number of aromatic nitrogens is 1. The highest BCUT2D eigenvalue weighted by Crippen LogP contribution is 2.37. The highest BCUT2D eigenvalue weighted by molar-refractivity contribution is 5.85. The Morgan fingerprint density at radius 1 is 1.18 bits per heavy atom. The Kier molecular flexibility index (Phi) is 2.65. The molecule has 0 aliphatic heterocycles. The van der Waals surface area contributed by atoms with Crippen LogP contribution < -0.4 is 0 Å². The predicted molar refractivity (Wildman–Crippen MR) is 67.2 cm³/mol. The van der Waals surface area contributed by atoms with E-state index in [1.807, 2.05) is 0 Å². The fourth-order valence-electron chi connectivity index (χ4n) is 2.87. The average Bonchev–Trinajstić information content (AvgIpc) is 2.75. The van der Waals surface area contributed by atoms with Gasteiger partial charge < -0.3 is 14.5 Å². The zero-order chi connectivity index (χ0) is 11.8. The number of fused-ring (bicyclic) bond motifs is 3. The van der Waals surface area contributed by atoms with E-state index in [1.165, 1.54) is 22.2 Å². The van der Waals surface area contributed by atoms with Gasteiger partial charge in [0, 0.05) is 25.1 Å². The van der Waals surface area contributed by atoms with E-state index in [9.17, 15) is 0 Å². The second kappa shape index (κ2) is 4.17. The second-order valence-electron chi connectivity index (χ2n) is 4.53. The Balaban J connectivity index is 2.16. The molecule has 0 spiro atoms. The standard InChI is InChI=1S/C14H17NO2/c1-16-12-8-7-10-9-5-3-4-6-11(9)15-13(10)14(12)17-2/h3-6,12,14-15H,7-8H2,1-2H3. The van der Waals surface area contributed by atoms with Crippen LogP contribution in [0.25, 0.3) is 10.9 Å². The van der Waals surface area contributed by atoms with Gasteiger partial charge in [-0.05, 0) is 24.5 Å². The lowest BCUT2D eigenvalue weighted by molar-refractivity contribution is -0.0486. The summed E-state index contributed by atoms with van der Waals surface area (Å²) in [4.78, 5) is 3.48. The van der Waals surface area contributed by atoms with Crippen LogP contribution >= 0.6 is 0 Å². The quantitative estimate of drug-likeness (QED) is 0.862. The summed E-state index contributed by atoms with van der Waals surface area (Å²) < 4.78 is 11.1. The fraction of sp³-hybridized carbons (Fsp3) is 0.429. The smallest absolute Gasteiger partial charge is 0.123 e. The van der Waals surface area contributed by atoms with Crippen molar-refractivity contribution >= 4 is 10.9 Å². The third kappa shape index (κ3) is 1.58. The van der Waals surface area contributed by atoms with Gasteiger partial charge >= 0.3 is 0 Å². The third-order valence-electron chi connectivity index (χ3n) is 3.70. The van der Waals surface area contributed by atoms with Crippen LogP contribution in [-0.2, 0) is 15.9 Å². The van der Waals surface area contributed by atoms with Crippen LogP contribution in [0.3, 0.4) is 0 Å². The summed E-state index contributed by atoms with van der Waals surface area (Å²) in [6.07, 6.45) is 2.25. The van der Waals surface area contributed by atoms with Crippen molar-refractivity contribution in [2.24, 2.45) is 0 Å². The minimum absolute atomic E-state index is 0.0242. The lowest BCUT2D eigenvalue weighted by Crippen LogP contribution is -2.28. The van der Waals surface area contributed by atoms with E-state index in [1.54, 1.807) is 14.2 Å². The van der Waals surface area contributed by atoms with Crippen molar-refractivity contribution in [2.75, 3.05) is 14.2 Å². The molecule has 3 nitrogen and oxygen atoms in total. The van der Waals surface area contributed by atoms with E-state index in [0.717, 1.165) is 12.8 Å². The summed E-state index contributed by atoms with van der Waals surface area (Å²) in [6.45, 7) is 0. The summed E-state index contributed by atoms with van der Waals surface area (Å²) in [7, 11) is 3.50. The molecule has 2 unspecified atom stereocenters. The van der Waals surface area contributed by atoms with E-state index in [4.69, 9.17) is 9.47 Å². The molecule has 1 aliphatic rings. The van der Waals surface area contributed by atoms with E-state index in [2.05, 4.69) is 29.2 Å². The first-order valence-corrected chi connectivity index (χ1v) is 6.00. The molecule has 90 valence electrons. The van der Waals surface area contributed by atoms with Gasteiger partial charge in [-0.3, -0.25) is 0 Å². The number of methoxy groups -OCH3 is 2. The van der Waals surface area contributed by atoms with E-state index in [0.29, 0.717) is 0 Å². The Labute approximate surface area is 101 Å². The molecule has 2 aromatic rings. The number of benzene rings is 1. The number of ether oxygens (including phenoxy) is 2. The Hall–Kier alpha value is -1.32. The number of H-pyrrole nitrogens is 1. The van der Waals surface area contributed by atoms with Gasteiger partial charge in [0.05, 0.1) is 11.8 Å². The summed E-state index contributed by atoms with van der Waals surface area (Å²) in [5, 5.41) is 1.32. The number of hydrogen-bond donors (Lipinski definition) is 1. The van der Waals surface area contributed by atoms with Crippen molar-refractivity contribution in [1.82, 2.24) is 4.98 Å². The van der Waals surface area contributed by atoms with Gasteiger partial charge in [-0.15, -0.1) is 0 Å². The molecule has 1 aromatic heterocycles. The topological polar surface area (TPSA) is 34.2 Å². The van der Waals surface area contributed by atoms with Crippen LogP contribution in [0.15, 0.2) is 24.3 Å². The molecule has 1 aliphatic carbocycles. The average molecular weight is 231 g/mol. The van der Waals surface area contributed by atoms with Gasteiger partial charge in [0.1, 0.15) is 6.10 Å². The lowest BCUT2D eigenvalue weighted by atomic mass is 9.91. The molecule has 0 saturated heterocycles. The van der Waals surface area contributed by atoms with Gasteiger partial charge in [0.25, 0.3) is 0 Å². The van der Waals surface area contributed by atoms with Crippen LogP contribution in [0.5, 0.6) is 0 Å². The highest BCUT2D eigenvalue weighted by Gasteiger charge is 2.32. The molecular formula is C14H17NO2. The van der Waals surface area contributed by atoms with Crippen LogP contribution in [-0.4, -0.2) is 25.3 Å². The first-order chi connectivity index (χ1) is 8.35. The van der Waals surface area contributed by atoms with Crippen molar-refractivity contribution in [1.29, 1.82) is 0 Å². The third-order valence-corrected chi connectivity index (χ3v) is 3.70. The maximum Gasteiger partial charge on any atom is 0.123 e. The minimum Gasteiger partial charge on any atom is -0.378 e. The minimum atomic E-state index is 0.0242. The van der Waals surface area contributed by atoms with Crippen LogP contribution in [0.4, 0.5) is 0 Å². The van der Waals surface area contributed by atoms with Crippen molar-refractivity contribution < 1.29 is 9.47 Å². The first-order valence-electron chi connectivity index (χ1n) is 6.00. The zero-order valence-corrected chi connectivity index (χ0v) is 10.2. The largest absolute Gasteiger partial charge is 0.378 e. The molecule has 0 amide bonds. The Morgan fingerprint density at radius 3 is 2.76 bits per heavy atom. The van der Waals surface area contributed by atoms with Gasteiger partial charge in [-0.2, -0.15) is 0 Å². The number of nitrogens with one attached hydrogen (secondary N) is 1. The lowest BCUT2D eigenvalue weighted by Gasteiger charge is -2.29. The number of para-hydroxylation sites is 1. The highest BCUT2D eigenvalue weighted by atomic mass is 16.5. The summed E-state index contributed by atoms with van der Waals surface area (Å²) in [5.74, 6) is 0. The van der Waals surface area contributed by atoms with Crippen LogP contribution in [0.1, 0.15) is 23.8 Å². The predicted octanol–water partition coefficient (Wildman–Crippen LogP) is 2.82. The molecule has 3 heteroatoms. The normalized spacial score (nSPS) is 23.9. The van der Waals surface area contributed by atoms with E-state index < -0.39 is 0 Å². The molecule has 0 bridgehead atoms. The molecule has 0 saturated carbocycles. The van der Waals surface area contributed by atoms with Crippen LogP contribution in [0.2, 0.25) is 0 Å². The molecule has 1 aromatic carbocycles. The summed E-state index contributed by atoms with van der Waals surface area (Å²) >= 11 is 0. The van der Waals surface area contributed by atoms with Crippen molar-refractivity contribution in [3.63, 3.8) is 0 Å². The van der Waals surface area contributed by atoms with E-state index >= 15 is 0 Å². The number of hydrogen-bond acceptors (Lipinski definition) is 2. The maximum absolute atomic E-state index is 5.59. The molecule has 17 heavy (non-hydrogen) atoms. The second-order valence-corrected chi connectivity index (χ2v) is 4.53. The Morgan fingerprint density at radius 2 is 2.00 bits per heavy atom. The van der Waals surface area contributed by atoms with Crippen molar-refractivity contribution in [3.05, 3.63) is 35.5 Å². The molecule has 1 N–H and O–H groups in total. The SMILES string of the molecule is COC1CCc2c([nH]c3ccccc23)C1OC. The number of aromatic amines is 1. The summed E-state index contributed by atoms with van der Waals surface area (Å²) in [5.41, 5.74) is 3.77. The summed E-state index contributed by atoms with van der Waals surface area (Å²) in [6, 6.07) is 8.42. The monoisotopic (exact) mass is 231 g/mol. The number of aryl methyl sites for hydroxylation is 1. The van der Waals surface area contributed by atoms with Crippen molar-refractivity contribution in [3.8, 4) is 0 Å². The van der Waals surface area contributed by atoms with Gasteiger partial charge in [-0.1, -0.05) is 18.2 Å². The van der Waals surface area contributed by atoms with Gasteiger partial charge in [0.15, 0.2) is 0 Å². The fourth-order valence-corrected chi connectivity index (χ4v) is 2.87. The maximum atomic E-state index is 5.59. The van der Waals surface area contributed by atoms with Crippen molar-refractivity contribution in [2.45, 2.75) is 25.0 Å². The molecular weight excluding hydrogens is 214 g/mol. The van der Waals surface area contributed by atoms with Gasteiger partial charge in [0.2, 0.25) is 0 Å². The molecule has 2 atom stereocenters. The molecule has 3 rings (SSSR count). The van der Waals surface area contributed by atoms with Crippen LogP contribution in [0, 0.1) is 0 Å². The number of rotatable bonds is 2.